The Morgan fingerprint density at radius 2 is 1.88 bits per heavy atom. The molecule has 140 valence electrons. The van der Waals surface area contributed by atoms with Crippen LogP contribution in [0.15, 0.2) is 47.4 Å². The molecule has 0 spiro atoms. The molecule has 0 amide bonds. The molecule has 1 N–H and O–H groups in total. The smallest absolute Gasteiger partial charge is 0.324 e. The van der Waals surface area contributed by atoms with Crippen LogP contribution in [0.3, 0.4) is 0 Å². The maximum Gasteiger partial charge on any atom is 0.324 e. The van der Waals surface area contributed by atoms with Crippen LogP contribution in [0.4, 0.5) is 4.39 Å². The number of halogens is 2. The maximum atomic E-state index is 13.6. The number of ether oxygens (including phenoxy) is 2. The molecule has 0 radical (unpaired) electrons. The molecule has 0 fully saturated rings. The third-order valence-corrected chi connectivity index (χ3v) is 5.22. The number of hydrogen-bond acceptors (Lipinski definition) is 5. The topological polar surface area (TPSA) is 81.7 Å². The Balaban J connectivity index is 1.96. The van der Waals surface area contributed by atoms with E-state index in [1.165, 1.54) is 56.5 Å². The number of rotatable bonds is 7. The van der Waals surface area contributed by atoms with Crippen LogP contribution in [0, 0.1) is 5.82 Å². The van der Waals surface area contributed by atoms with Crippen LogP contribution in [0.25, 0.3) is 0 Å². The summed E-state index contributed by atoms with van der Waals surface area (Å²) >= 11 is 5.72. The number of sulfonamides is 1. The molecule has 0 aliphatic heterocycles. The van der Waals surface area contributed by atoms with Crippen molar-refractivity contribution >= 4 is 27.6 Å². The minimum atomic E-state index is -3.91. The molecular formula is C17H17ClFNO5S. The van der Waals surface area contributed by atoms with E-state index in [0.29, 0.717) is 10.6 Å². The van der Waals surface area contributed by atoms with Gasteiger partial charge in [-0.05, 0) is 48.9 Å². The zero-order chi connectivity index (χ0) is 19.3. The summed E-state index contributed by atoms with van der Waals surface area (Å²) in [7, 11) is -2.57. The lowest BCUT2D eigenvalue weighted by atomic mass is 10.2. The number of methoxy groups -OCH3 is 1. The molecule has 9 heteroatoms. The van der Waals surface area contributed by atoms with Crippen LogP contribution >= 0.6 is 11.6 Å². The Labute approximate surface area is 155 Å². The number of nitrogens with one attached hydrogen (secondary N) is 1. The average Bonchev–Trinajstić information content (AvgIpc) is 2.59. The molecule has 0 saturated carbocycles. The summed E-state index contributed by atoms with van der Waals surface area (Å²) in [5.41, 5.74) is 0.407. The predicted molar refractivity (Wildman–Crippen MR) is 94.0 cm³/mol. The summed E-state index contributed by atoms with van der Waals surface area (Å²) < 4.78 is 50.1. The van der Waals surface area contributed by atoms with Crippen molar-refractivity contribution in [2.24, 2.45) is 0 Å². The highest BCUT2D eigenvalue weighted by atomic mass is 35.5. The first-order valence-corrected chi connectivity index (χ1v) is 9.36. The van der Waals surface area contributed by atoms with Crippen LogP contribution in [0.2, 0.25) is 5.02 Å². The quantitative estimate of drug-likeness (QED) is 0.721. The minimum Gasteiger partial charge on any atom is -0.494 e. The van der Waals surface area contributed by atoms with Crippen molar-refractivity contribution in [3.05, 3.63) is 58.9 Å². The van der Waals surface area contributed by atoms with Gasteiger partial charge in [0, 0.05) is 5.02 Å². The molecule has 0 heterocycles. The van der Waals surface area contributed by atoms with Crippen LogP contribution in [-0.2, 0) is 26.2 Å². The van der Waals surface area contributed by atoms with Crippen LogP contribution in [0.5, 0.6) is 5.75 Å². The molecule has 0 aliphatic rings. The fraction of sp³-hybridized carbons (Fsp3) is 0.235. The van der Waals surface area contributed by atoms with Gasteiger partial charge in [-0.2, -0.15) is 4.72 Å². The summed E-state index contributed by atoms with van der Waals surface area (Å²) in [6.45, 7) is 1.15. The zero-order valence-corrected chi connectivity index (χ0v) is 15.6. The number of hydrogen-bond donors (Lipinski definition) is 1. The first-order chi connectivity index (χ1) is 12.2. The molecule has 2 rings (SSSR count). The summed E-state index contributed by atoms with van der Waals surface area (Å²) in [4.78, 5) is 12.0. The van der Waals surface area contributed by atoms with Crippen molar-refractivity contribution in [3.8, 4) is 5.75 Å². The van der Waals surface area contributed by atoms with E-state index in [2.05, 4.69) is 4.72 Å². The molecule has 0 bridgehead atoms. The van der Waals surface area contributed by atoms with E-state index < -0.39 is 27.9 Å². The largest absolute Gasteiger partial charge is 0.494 e. The summed E-state index contributed by atoms with van der Waals surface area (Å²) in [6.07, 6.45) is 0. The number of carbonyl (C=O) groups is 1. The van der Waals surface area contributed by atoms with Gasteiger partial charge in [-0.25, -0.2) is 12.8 Å². The Hall–Kier alpha value is -2.16. The van der Waals surface area contributed by atoms with E-state index in [0.717, 1.165) is 0 Å². The standard InChI is InChI=1S/C17H17ClFNO5S/c1-11(20-26(22,23)14-6-4-13(18)5-7-14)17(21)25-10-12-3-8-16(24-2)15(19)9-12/h3-9,11,20H,10H2,1-2H3/t11-/m0/s1. The van der Waals surface area contributed by atoms with E-state index in [4.69, 9.17) is 21.1 Å². The second-order valence-electron chi connectivity index (χ2n) is 5.37. The first kappa shape index (κ1) is 20.2. The Bertz CT molecular complexity index is 887. The third kappa shape index (κ3) is 5.17. The van der Waals surface area contributed by atoms with Gasteiger partial charge in [0.05, 0.1) is 12.0 Å². The lowest BCUT2D eigenvalue weighted by Gasteiger charge is -2.14. The first-order valence-electron chi connectivity index (χ1n) is 7.50. The average molecular weight is 402 g/mol. The highest BCUT2D eigenvalue weighted by Crippen LogP contribution is 2.18. The minimum absolute atomic E-state index is 0.0289. The van der Waals surface area contributed by atoms with Crippen molar-refractivity contribution in [3.63, 3.8) is 0 Å². The highest BCUT2D eigenvalue weighted by molar-refractivity contribution is 7.89. The Kier molecular flexibility index (Phi) is 6.57. The summed E-state index contributed by atoms with van der Waals surface area (Å²) in [5, 5.41) is 0.392. The van der Waals surface area contributed by atoms with Crippen LogP contribution in [0.1, 0.15) is 12.5 Å². The summed E-state index contributed by atoms with van der Waals surface area (Å²) in [6, 6.07) is 8.50. The third-order valence-electron chi connectivity index (χ3n) is 3.41. The van der Waals surface area contributed by atoms with Gasteiger partial charge in [0.15, 0.2) is 11.6 Å². The van der Waals surface area contributed by atoms with E-state index in [1.54, 1.807) is 0 Å². The molecule has 1 atom stereocenters. The Morgan fingerprint density at radius 1 is 1.23 bits per heavy atom. The number of carbonyl (C=O) groups excluding carboxylic acids is 1. The molecule has 2 aromatic carbocycles. The monoisotopic (exact) mass is 401 g/mol. The van der Waals surface area contributed by atoms with Crippen molar-refractivity contribution in [1.82, 2.24) is 4.72 Å². The number of esters is 1. The molecule has 2 aromatic rings. The van der Waals surface area contributed by atoms with Crippen molar-refractivity contribution in [2.45, 2.75) is 24.5 Å². The van der Waals surface area contributed by atoms with Crippen molar-refractivity contribution in [2.75, 3.05) is 7.11 Å². The van der Waals surface area contributed by atoms with Crippen molar-refractivity contribution < 1.29 is 27.1 Å². The second-order valence-corrected chi connectivity index (χ2v) is 7.52. The normalized spacial score (nSPS) is 12.5. The van der Waals surface area contributed by atoms with Crippen LogP contribution in [-0.4, -0.2) is 27.5 Å². The Morgan fingerprint density at radius 3 is 2.46 bits per heavy atom. The molecule has 0 unspecified atom stereocenters. The van der Waals surface area contributed by atoms with Gasteiger partial charge in [-0.15, -0.1) is 0 Å². The lowest BCUT2D eigenvalue weighted by molar-refractivity contribution is -0.146. The van der Waals surface area contributed by atoms with E-state index >= 15 is 0 Å². The number of benzene rings is 2. The molecule has 26 heavy (non-hydrogen) atoms. The zero-order valence-electron chi connectivity index (χ0n) is 14.0. The molecule has 0 saturated heterocycles. The van der Waals surface area contributed by atoms with Crippen LogP contribution < -0.4 is 9.46 Å². The fourth-order valence-corrected chi connectivity index (χ4v) is 3.36. The lowest BCUT2D eigenvalue weighted by Crippen LogP contribution is -2.39. The predicted octanol–water partition coefficient (Wildman–Crippen LogP) is 2.90. The van der Waals surface area contributed by atoms with E-state index in [9.17, 15) is 17.6 Å². The second kappa shape index (κ2) is 8.48. The maximum absolute atomic E-state index is 13.6. The van der Waals surface area contributed by atoms with Gasteiger partial charge in [-0.3, -0.25) is 4.79 Å². The summed E-state index contributed by atoms with van der Waals surface area (Å²) in [5.74, 6) is -1.31. The van der Waals surface area contributed by atoms with Crippen molar-refractivity contribution in [1.29, 1.82) is 0 Å². The SMILES string of the molecule is COc1ccc(COC(=O)[C@H](C)NS(=O)(=O)c2ccc(Cl)cc2)cc1F. The van der Waals surface area contributed by atoms with E-state index in [-0.39, 0.29) is 17.3 Å². The highest BCUT2D eigenvalue weighted by Gasteiger charge is 2.23. The van der Waals surface area contributed by atoms with Gasteiger partial charge in [0.25, 0.3) is 0 Å². The van der Waals surface area contributed by atoms with Gasteiger partial charge in [0.1, 0.15) is 12.6 Å². The molecular weight excluding hydrogens is 385 g/mol. The fourth-order valence-electron chi connectivity index (χ4n) is 2.04. The molecule has 6 nitrogen and oxygen atoms in total. The van der Waals surface area contributed by atoms with E-state index in [1.807, 2.05) is 0 Å². The van der Waals surface area contributed by atoms with Gasteiger partial charge in [-0.1, -0.05) is 17.7 Å². The van der Waals surface area contributed by atoms with Gasteiger partial charge >= 0.3 is 5.97 Å². The van der Waals surface area contributed by atoms with Gasteiger partial charge in [0.2, 0.25) is 10.0 Å². The molecule has 0 aromatic heterocycles. The van der Waals surface area contributed by atoms with Gasteiger partial charge < -0.3 is 9.47 Å². The molecule has 0 aliphatic carbocycles.